The maximum Gasteiger partial charge on any atom is 0.233 e. The molecule has 2 rings (SSSR count). The van der Waals surface area contributed by atoms with Gasteiger partial charge in [0.15, 0.2) is 9.84 Å². The third kappa shape index (κ3) is 4.48. The van der Waals surface area contributed by atoms with E-state index in [1.54, 1.807) is 0 Å². The van der Waals surface area contributed by atoms with Crippen molar-refractivity contribution < 1.29 is 13.2 Å². The average Bonchev–Trinajstić information content (AvgIpc) is 2.73. The van der Waals surface area contributed by atoms with E-state index in [1.807, 2.05) is 26.0 Å². The first-order chi connectivity index (χ1) is 9.77. The minimum atomic E-state index is -2.96. The molecular formula is C15H21NO3S2. The van der Waals surface area contributed by atoms with E-state index in [9.17, 15) is 13.2 Å². The van der Waals surface area contributed by atoms with Crippen LogP contribution in [0.1, 0.15) is 24.5 Å². The molecule has 0 aliphatic carbocycles. The molecule has 2 atom stereocenters. The van der Waals surface area contributed by atoms with Crippen molar-refractivity contribution in [3.8, 4) is 0 Å². The highest BCUT2D eigenvalue weighted by Crippen LogP contribution is 2.25. The van der Waals surface area contributed by atoms with Gasteiger partial charge in [-0.05, 0) is 50.5 Å². The van der Waals surface area contributed by atoms with Crippen molar-refractivity contribution in [2.75, 3.05) is 11.5 Å². The first kappa shape index (κ1) is 16.4. The molecule has 0 aromatic heterocycles. The summed E-state index contributed by atoms with van der Waals surface area (Å²) in [7, 11) is -2.96. The van der Waals surface area contributed by atoms with Crippen LogP contribution in [0.25, 0.3) is 0 Å². The normalized spacial score (nSPS) is 22.0. The van der Waals surface area contributed by atoms with Crippen molar-refractivity contribution in [3.63, 3.8) is 0 Å². The lowest BCUT2D eigenvalue weighted by molar-refractivity contribution is -0.120. The Morgan fingerprint density at radius 3 is 2.62 bits per heavy atom. The quantitative estimate of drug-likeness (QED) is 0.860. The van der Waals surface area contributed by atoms with Crippen LogP contribution in [0.15, 0.2) is 23.1 Å². The molecule has 1 saturated heterocycles. The van der Waals surface area contributed by atoms with E-state index in [0.29, 0.717) is 6.42 Å². The standard InChI is InChI=1S/C15H21NO3S2/c1-10-4-5-14(8-11(10)2)20-12(3)15(17)16-13-6-7-21(18,19)9-13/h4-5,8,12-13H,6-7,9H2,1-3H3,(H,16,17). The van der Waals surface area contributed by atoms with Gasteiger partial charge in [0.1, 0.15) is 0 Å². The van der Waals surface area contributed by atoms with Crippen LogP contribution in [0.5, 0.6) is 0 Å². The van der Waals surface area contributed by atoms with Crippen molar-refractivity contribution >= 4 is 27.5 Å². The molecule has 0 spiro atoms. The van der Waals surface area contributed by atoms with E-state index < -0.39 is 9.84 Å². The molecule has 1 aromatic rings. The number of sulfone groups is 1. The fraction of sp³-hybridized carbons (Fsp3) is 0.533. The number of nitrogens with one attached hydrogen (secondary N) is 1. The Labute approximate surface area is 130 Å². The van der Waals surface area contributed by atoms with Crippen molar-refractivity contribution in [3.05, 3.63) is 29.3 Å². The minimum Gasteiger partial charge on any atom is -0.351 e. The highest BCUT2D eigenvalue weighted by molar-refractivity contribution is 8.00. The lowest BCUT2D eigenvalue weighted by atomic mass is 10.1. The molecule has 0 radical (unpaired) electrons. The van der Waals surface area contributed by atoms with Gasteiger partial charge in [0, 0.05) is 10.9 Å². The van der Waals surface area contributed by atoms with Gasteiger partial charge in [0.2, 0.25) is 5.91 Å². The molecule has 116 valence electrons. The second kappa shape index (κ2) is 6.40. The molecule has 2 unspecified atom stereocenters. The van der Waals surface area contributed by atoms with E-state index in [1.165, 1.54) is 22.9 Å². The van der Waals surface area contributed by atoms with Crippen LogP contribution in [0.2, 0.25) is 0 Å². The molecule has 1 aliphatic rings. The Morgan fingerprint density at radius 2 is 2.05 bits per heavy atom. The first-order valence-electron chi connectivity index (χ1n) is 7.01. The number of carbonyl (C=O) groups is 1. The summed E-state index contributed by atoms with van der Waals surface area (Å²) in [5.41, 5.74) is 2.43. The number of rotatable bonds is 4. The van der Waals surface area contributed by atoms with Gasteiger partial charge in [-0.2, -0.15) is 0 Å². The summed E-state index contributed by atoms with van der Waals surface area (Å²) in [5, 5.41) is 2.60. The monoisotopic (exact) mass is 327 g/mol. The molecule has 0 saturated carbocycles. The number of amides is 1. The van der Waals surface area contributed by atoms with Crippen LogP contribution >= 0.6 is 11.8 Å². The summed E-state index contributed by atoms with van der Waals surface area (Å²) in [6.45, 7) is 5.95. The van der Waals surface area contributed by atoms with Crippen molar-refractivity contribution in [2.24, 2.45) is 0 Å². The topological polar surface area (TPSA) is 63.2 Å². The van der Waals surface area contributed by atoms with Crippen molar-refractivity contribution in [1.29, 1.82) is 0 Å². The Hall–Kier alpha value is -1.01. The predicted octanol–water partition coefficient (Wildman–Crippen LogP) is 2.09. The largest absolute Gasteiger partial charge is 0.351 e. The summed E-state index contributed by atoms with van der Waals surface area (Å²) in [6.07, 6.45) is 0.523. The number of thioether (sulfide) groups is 1. The van der Waals surface area contributed by atoms with Gasteiger partial charge in [-0.15, -0.1) is 11.8 Å². The fourth-order valence-corrected chi connectivity index (χ4v) is 4.92. The summed E-state index contributed by atoms with van der Waals surface area (Å²) >= 11 is 1.50. The van der Waals surface area contributed by atoms with Gasteiger partial charge in [-0.1, -0.05) is 6.07 Å². The highest BCUT2D eigenvalue weighted by atomic mass is 32.2. The maximum atomic E-state index is 12.1. The zero-order valence-electron chi connectivity index (χ0n) is 12.5. The molecule has 0 bridgehead atoms. The highest BCUT2D eigenvalue weighted by Gasteiger charge is 2.30. The summed E-state index contributed by atoms with van der Waals surface area (Å²) < 4.78 is 22.8. The Bertz CT molecular complexity index is 640. The maximum absolute atomic E-state index is 12.1. The summed E-state index contributed by atoms with van der Waals surface area (Å²) in [5.74, 6) is 0.150. The number of hydrogen-bond donors (Lipinski definition) is 1. The van der Waals surface area contributed by atoms with Gasteiger partial charge in [-0.3, -0.25) is 4.79 Å². The van der Waals surface area contributed by atoms with E-state index in [-0.39, 0.29) is 28.7 Å². The van der Waals surface area contributed by atoms with Crippen molar-refractivity contribution in [2.45, 2.75) is 43.4 Å². The van der Waals surface area contributed by atoms with Crippen LogP contribution in [0.4, 0.5) is 0 Å². The van der Waals surface area contributed by atoms with Crippen LogP contribution in [-0.4, -0.2) is 37.1 Å². The molecule has 1 N–H and O–H groups in total. The van der Waals surface area contributed by atoms with E-state index in [4.69, 9.17) is 0 Å². The lowest BCUT2D eigenvalue weighted by Gasteiger charge is -2.16. The van der Waals surface area contributed by atoms with Crippen LogP contribution < -0.4 is 5.32 Å². The lowest BCUT2D eigenvalue weighted by Crippen LogP contribution is -2.39. The third-order valence-electron chi connectivity index (χ3n) is 3.74. The number of aryl methyl sites for hydroxylation is 2. The number of carbonyl (C=O) groups excluding carboxylic acids is 1. The molecule has 4 nitrogen and oxygen atoms in total. The fourth-order valence-electron chi connectivity index (χ4n) is 2.27. The molecule has 1 amide bonds. The molecule has 1 aliphatic heterocycles. The summed E-state index contributed by atoms with van der Waals surface area (Å²) in [6, 6.07) is 5.90. The minimum absolute atomic E-state index is 0.0692. The first-order valence-corrected chi connectivity index (χ1v) is 9.71. The molecule has 1 heterocycles. The zero-order valence-corrected chi connectivity index (χ0v) is 14.2. The van der Waals surface area contributed by atoms with Crippen LogP contribution in [0.3, 0.4) is 0 Å². The van der Waals surface area contributed by atoms with Gasteiger partial charge in [-0.25, -0.2) is 8.42 Å². The van der Waals surface area contributed by atoms with Gasteiger partial charge >= 0.3 is 0 Å². The van der Waals surface area contributed by atoms with E-state index >= 15 is 0 Å². The van der Waals surface area contributed by atoms with E-state index in [0.717, 1.165) is 4.90 Å². The smallest absolute Gasteiger partial charge is 0.233 e. The Morgan fingerprint density at radius 1 is 1.33 bits per heavy atom. The SMILES string of the molecule is Cc1ccc(SC(C)C(=O)NC2CCS(=O)(=O)C2)cc1C. The zero-order chi connectivity index (χ0) is 15.6. The average molecular weight is 327 g/mol. The van der Waals surface area contributed by atoms with Gasteiger partial charge < -0.3 is 5.32 Å². The van der Waals surface area contributed by atoms with Crippen LogP contribution in [0, 0.1) is 13.8 Å². The Balaban J connectivity index is 1.92. The number of hydrogen-bond acceptors (Lipinski definition) is 4. The molecule has 1 fully saturated rings. The van der Waals surface area contributed by atoms with Gasteiger partial charge in [0.05, 0.1) is 16.8 Å². The number of benzene rings is 1. The second-order valence-electron chi connectivity index (χ2n) is 5.61. The van der Waals surface area contributed by atoms with Crippen LogP contribution in [-0.2, 0) is 14.6 Å². The van der Waals surface area contributed by atoms with E-state index in [2.05, 4.69) is 18.3 Å². The molecule has 1 aromatic carbocycles. The third-order valence-corrected chi connectivity index (χ3v) is 6.60. The van der Waals surface area contributed by atoms with Crippen molar-refractivity contribution in [1.82, 2.24) is 5.32 Å². The predicted molar refractivity (Wildman–Crippen MR) is 86.4 cm³/mol. The molecular weight excluding hydrogens is 306 g/mol. The second-order valence-corrected chi connectivity index (χ2v) is 9.26. The van der Waals surface area contributed by atoms with Gasteiger partial charge in [0.25, 0.3) is 0 Å². The molecule has 6 heteroatoms. The molecule has 21 heavy (non-hydrogen) atoms. The summed E-state index contributed by atoms with van der Waals surface area (Å²) in [4.78, 5) is 13.2. The Kier molecular flexibility index (Phi) is 4.99.